The summed E-state index contributed by atoms with van der Waals surface area (Å²) in [6, 6.07) is 7.08. The van der Waals surface area contributed by atoms with E-state index in [4.69, 9.17) is 4.74 Å². The maximum atomic E-state index is 12.5. The molecule has 0 radical (unpaired) electrons. The van der Waals surface area contributed by atoms with Gasteiger partial charge in [-0.2, -0.15) is 4.31 Å². The third-order valence-corrected chi connectivity index (χ3v) is 6.52. The summed E-state index contributed by atoms with van der Waals surface area (Å²) in [4.78, 5) is 16.7. The van der Waals surface area contributed by atoms with Crippen LogP contribution in [0.25, 0.3) is 11.0 Å². The molecule has 0 unspecified atom stereocenters. The number of hydrogen-bond acceptors (Lipinski definition) is 5. The number of sulfonamides is 1. The highest BCUT2D eigenvalue weighted by Crippen LogP contribution is 2.17. The lowest BCUT2D eigenvalue weighted by molar-refractivity contribution is -0.123. The summed E-state index contributed by atoms with van der Waals surface area (Å²) in [5.41, 5.74) is 1.68. The second-order valence-electron chi connectivity index (χ2n) is 7.00. The molecule has 1 aromatic carbocycles. The van der Waals surface area contributed by atoms with Crippen LogP contribution in [0.2, 0.25) is 0 Å². The molecule has 0 aliphatic carbocycles. The molecule has 8 nitrogen and oxygen atoms in total. The Hall–Kier alpha value is -1.97. The van der Waals surface area contributed by atoms with Gasteiger partial charge in [-0.15, -0.1) is 0 Å². The average molecular weight is 394 g/mol. The second kappa shape index (κ2) is 7.95. The molecule has 27 heavy (non-hydrogen) atoms. The molecule has 1 saturated heterocycles. The van der Waals surface area contributed by atoms with E-state index in [9.17, 15) is 13.2 Å². The number of hydrogen-bond donors (Lipinski definition) is 1. The zero-order valence-corrected chi connectivity index (χ0v) is 16.6. The van der Waals surface area contributed by atoms with Crippen LogP contribution in [0, 0.1) is 0 Å². The smallest absolute Gasteiger partial charge is 0.242 e. The summed E-state index contributed by atoms with van der Waals surface area (Å²) in [6.45, 7) is 6.24. The maximum absolute atomic E-state index is 12.5. The normalized spacial score (nSPS) is 22.6. The van der Waals surface area contributed by atoms with Gasteiger partial charge in [0.05, 0.1) is 35.3 Å². The van der Waals surface area contributed by atoms with E-state index in [0.29, 0.717) is 13.1 Å². The Morgan fingerprint density at radius 2 is 1.96 bits per heavy atom. The molecule has 1 aliphatic heterocycles. The highest BCUT2D eigenvalue weighted by molar-refractivity contribution is 7.89. The fraction of sp³-hybridized carbons (Fsp3) is 0.556. The maximum Gasteiger partial charge on any atom is 0.242 e. The molecule has 3 atom stereocenters. The first-order valence-corrected chi connectivity index (χ1v) is 10.7. The zero-order chi connectivity index (χ0) is 19.6. The summed E-state index contributed by atoms with van der Waals surface area (Å²) in [7, 11) is -3.44. The van der Waals surface area contributed by atoms with Gasteiger partial charge in [-0.25, -0.2) is 13.4 Å². The predicted molar refractivity (Wildman–Crippen MR) is 103 cm³/mol. The molecule has 1 N–H and O–H groups in total. The van der Waals surface area contributed by atoms with E-state index >= 15 is 0 Å². The topological polar surface area (TPSA) is 93.5 Å². The largest absolute Gasteiger partial charge is 0.373 e. The van der Waals surface area contributed by atoms with Gasteiger partial charge in [-0.3, -0.25) is 4.79 Å². The standard InChI is InChI=1S/C18H26N4O4S/c1-13-10-21(11-14(2)26-13)27(24,25)9-8-19-18(23)15(3)22-12-20-16-6-4-5-7-17(16)22/h4-7,12-15H,8-11H2,1-3H3,(H,19,23)/t13-,14+,15-/m0/s1. The summed E-state index contributed by atoms with van der Waals surface area (Å²) in [5, 5.41) is 2.73. The quantitative estimate of drug-likeness (QED) is 0.793. The molecular formula is C18H26N4O4S. The Labute approximate surface area is 159 Å². The summed E-state index contributed by atoms with van der Waals surface area (Å²) < 4.78 is 33.9. The number of imidazole rings is 1. The number of para-hydroxylation sites is 2. The lowest BCUT2D eigenvalue weighted by Gasteiger charge is -2.34. The predicted octanol–water partition coefficient (Wildman–Crippen LogP) is 1.15. The first-order chi connectivity index (χ1) is 12.8. The minimum Gasteiger partial charge on any atom is -0.373 e. The summed E-state index contributed by atoms with van der Waals surface area (Å²) in [6.07, 6.45) is 1.36. The van der Waals surface area contributed by atoms with Gasteiger partial charge in [-0.1, -0.05) is 12.1 Å². The van der Waals surface area contributed by atoms with Crippen LogP contribution in [-0.2, 0) is 19.6 Å². The number of ether oxygens (including phenoxy) is 1. The van der Waals surface area contributed by atoms with Crippen molar-refractivity contribution < 1.29 is 17.9 Å². The molecule has 9 heteroatoms. The van der Waals surface area contributed by atoms with E-state index in [0.717, 1.165) is 11.0 Å². The highest BCUT2D eigenvalue weighted by atomic mass is 32.2. The molecule has 0 saturated carbocycles. The van der Waals surface area contributed by atoms with E-state index in [1.54, 1.807) is 17.8 Å². The van der Waals surface area contributed by atoms with Crippen molar-refractivity contribution in [3.63, 3.8) is 0 Å². The van der Waals surface area contributed by atoms with Crippen molar-refractivity contribution in [2.75, 3.05) is 25.4 Å². The van der Waals surface area contributed by atoms with Crippen LogP contribution in [0.5, 0.6) is 0 Å². The van der Waals surface area contributed by atoms with E-state index in [1.165, 1.54) is 4.31 Å². The molecule has 0 spiro atoms. The van der Waals surface area contributed by atoms with Gasteiger partial charge in [0, 0.05) is 19.6 Å². The van der Waals surface area contributed by atoms with E-state index < -0.39 is 16.1 Å². The number of benzene rings is 1. The Morgan fingerprint density at radius 3 is 2.67 bits per heavy atom. The van der Waals surface area contributed by atoms with Crippen molar-refractivity contribution >= 4 is 27.0 Å². The van der Waals surface area contributed by atoms with Gasteiger partial charge in [0.15, 0.2) is 0 Å². The van der Waals surface area contributed by atoms with E-state index in [1.807, 2.05) is 38.1 Å². The monoisotopic (exact) mass is 394 g/mol. The molecule has 148 valence electrons. The lowest BCUT2D eigenvalue weighted by Crippen LogP contribution is -2.49. The number of morpholine rings is 1. The summed E-state index contributed by atoms with van der Waals surface area (Å²) >= 11 is 0. The number of carbonyl (C=O) groups excluding carboxylic acids is 1. The average Bonchev–Trinajstić information content (AvgIpc) is 3.04. The minimum absolute atomic E-state index is 0.0677. The molecule has 2 heterocycles. The van der Waals surface area contributed by atoms with Crippen LogP contribution >= 0.6 is 0 Å². The van der Waals surface area contributed by atoms with Crippen molar-refractivity contribution in [3.05, 3.63) is 30.6 Å². The Kier molecular flexibility index (Phi) is 5.83. The molecule has 1 fully saturated rings. The molecule has 1 amide bonds. The van der Waals surface area contributed by atoms with E-state index in [2.05, 4.69) is 10.3 Å². The zero-order valence-electron chi connectivity index (χ0n) is 15.8. The van der Waals surface area contributed by atoms with Crippen LogP contribution in [0.4, 0.5) is 0 Å². The van der Waals surface area contributed by atoms with Gasteiger partial charge < -0.3 is 14.6 Å². The first kappa shape index (κ1) is 19.8. The number of nitrogens with one attached hydrogen (secondary N) is 1. The van der Waals surface area contributed by atoms with Crippen LogP contribution in [0.15, 0.2) is 30.6 Å². The summed E-state index contributed by atoms with van der Waals surface area (Å²) in [5.74, 6) is -0.368. The second-order valence-corrected chi connectivity index (χ2v) is 9.09. The fourth-order valence-corrected chi connectivity index (χ4v) is 4.84. The Balaban J connectivity index is 1.57. The molecule has 1 aliphatic rings. The highest BCUT2D eigenvalue weighted by Gasteiger charge is 2.30. The number of nitrogens with zero attached hydrogens (tertiary/aromatic N) is 3. The van der Waals surface area contributed by atoms with Crippen molar-refractivity contribution in [2.24, 2.45) is 0 Å². The van der Waals surface area contributed by atoms with Crippen LogP contribution in [-0.4, -0.2) is 65.8 Å². The molecule has 3 rings (SSSR count). The molecule has 0 bridgehead atoms. The molecule has 1 aromatic heterocycles. The number of amides is 1. The number of carbonyl (C=O) groups is 1. The lowest BCUT2D eigenvalue weighted by atomic mass is 10.2. The minimum atomic E-state index is -3.44. The third kappa shape index (κ3) is 4.48. The van der Waals surface area contributed by atoms with Crippen molar-refractivity contribution in [1.82, 2.24) is 19.2 Å². The van der Waals surface area contributed by atoms with Crippen LogP contribution < -0.4 is 5.32 Å². The van der Waals surface area contributed by atoms with Gasteiger partial charge in [0.1, 0.15) is 6.04 Å². The van der Waals surface area contributed by atoms with Crippen molar-refractivity contribution in [1.29, 1.82) is 0 Å². The van der Waals surface area contributed by atoms with Crippen LogP contribution in [0.1, 0.15) is 26.8 Å². The van der Waals surface area contributed by atoms with Crippen molar-refractivity contribution in [2.45, 2.75) is 39.0 Å². The number of aromatic nitrogens is 2. The SMILES string of the molecule is C[C@@H]1CN(S(=O)(=O)CCNC(=O)[C@H](C)n2cnc3ccccc32)C[C@H](C)O1. The van der Waals surface area contributed by atoms with Gasteiger partial charge in [-0.05, 0) is 32.9 Å². The Bertz CT molecular complexity index is 901. The van der Waals surface area contributed by atoms with Crippen molar-refractivity contribution in [3.8, 4) is 0 Å². The van der Waals surface area contributed by atoms with E-state index in [-0.39, 0.29) is 30.4 Å². The molecule has 2 aromatic rings. The van der Waals surface area contributed by atoms with Crippen LogP contribution in [0.3, 0.4) is 0 Å². The first-order valence-electron chi connectivity index (χ1n) is 9.10. The third-order valence-electron chi connectivity index (χ3n) is 4.72. The number of fused-ring (bicyclic) bond motifs is 1. The van der Waals surface area contributed by atoms with Gasteiger partial charge in [0.25, 0.3) is 0 Å². The molecular weight excluding hydrogens is 368 g/mol. The Morgan fingerprint density at radius 1 is 1.30 bits per heavy atom. The fourth-order valence-electron chi connectivity index (χ4n) is 3.35. The van der Waals surface area contributed by atoms with Gasteiger partial charge in [0.2, 0.25) is 15.9 Å². The number of rotatable bonds is 6. The van der Waals surface area contributed by atoms with Gasteiger partial charge >= 0.3 is 0 Å².